The van der Waals surface area contributed by atoms with Gasteiger partial charge in [0.2, 0.25) is 0 Å². The van der Waals surface area contributed by atoms with Crippen LogP contribution in [0.25, 0.3) is 22.3 Å². The second-order valence-electron chi connectivity index (χ2n) is 5.21. The lowest BCUT2D eigenvalue weighted by molar-refractivity contribution is 0.628. The Labute approximate surface area is 157 Å². The van der Waals surface area contributed by atoms with Crippen LogP contribution in [0, 0.1) is 13.9 Å². The minimum Gasteiger partial charge on any atom is -0.356 e. The molecule has 0 aliphatic rings. The predicted octanol–water partition coefficient (Wildman–Crippen LogP) is 6.49. The van der Waals surface area contributed by atoms with Gasteiger partial charge >= 0.3 is 0 Å². The molecule has 2 aromatic carbocycles. The number of benzene rings is 2. The summed E-state index contributed by atoms with van der Waals surface area (Å²) in [7, 11) is 1.92. The quantitative estimate of drug-likeness (QED) is 0.316. The van der Waals surface area contributed by atoms with Crippen LogP contribution in [0.15, 0.2) is 54.9 Å². The number of rotatable bonds is 2. The van der Waals surface area contributed by atoms with E-state index in [1.165, 1.54) is 12.1 Å². The SMILES string of the molecule is Cn1cc(-c2cccc(F)c2)c(=S)c(-c2ccc(I)cc2Cl)c1. The van der Waals surface area contributed by atoms with Gasteiger partial charge in [-0.3, -0.25) is 0 Å². The highest BCUT2D eigenvalue weighted by Crippen LogP contribution is 2.33. The summed E-state index contributed by atoms with van der Waals surface area (Å²) in [6.45, 7) is 0. The smallest absolute Gasteiger partial charge is 0.123 e. The Bertz CT molecular complexity index is 952. The minimum atomic E-state index is -0.280. The molecule has 0 aliphatic heterocycles. The lowest BCUT2D eigenvalue weighted by atomic mass is 10.0. The van der Waals surface area contributed by atoms with Crippen LogP contribution in [0.3, 0.4) is 0 Å². The van der Waals surface area contributed by atoms with Gasteiger partial charge in [-0.15, -0.1) is 0 Å². The number of pyridine rings is 1. The van der Waals surface area contributed by atoms with E-state index in [9.17, 15) is 4.39 Å². The first-order valence-corrected chi connectivity index (χ1v) is 8.74. The van der Waals surface area contributed by atoms with Gasteiger partial charge in [-0.05, 0) is 52.4 Å². The Morgan fingerprint density at radius 2 is 1.78 bits per heavy atom. The van der Waals surface area contributed by atoms with Crippen LogP contribution in [0.4, 0.5) is 4.39 Å². The molecule has 0 amide bonds. The van der Waals surface area contributed by atoms with Crippen LogP contribution in [0.2, 0.25) is 5.02 Å². The molecular formula is C18H12ClFINS. The summed E-state index contributed by atoms with van der Waals surface area (Å²) >= 11 is 14.3. The van der Waals surface area contributed by atoms with Crippen molar-refractivity contribution in [2.24, 2.45) is 7.05 Å². The molecule has 5 heteroatoms. The molecule has 0 unspecified atom stereocenters. The topological polar surface area (TPSA) is 4.93 Å². The first kappa shape index (κ1) is 16.6. The average molecular weight is 456 g/mol. The van der Waals surface area contributed by atoms with E-state index in [0.717, 1.165) is 25.8 Å². The molecular weight excluding hydrogens is 444 g/mol. The van der Waals surface area contributed by atoms with E-state index in [1.54, 1.807) is 6.07 Å². The van der Waals surface area contributed by atoms with Crippen molar-refractivity contribution >= 4 is 46.4 Å². The summed E-state index contributed by atoms with van der Waals surface area (Å²) in [5.41, 5.74) is 3.32. The van der Waals surface area contributed by atoms with Crippen molar-refractivity contribution < 1.29 is 4.39 Å². The maximum atomic E-state index is 13.6. The monoisotopic (exact) mass is 455 g/mol. The van der Waals surface area contributed by atoms with Crippen molar-refractivity contribution in [1.29, 1.82) is 0 Å². The highest BCUT2D eigenvalue weighted by atomic mass is 127. The Morgan fingerprint density at radius 1 is 1.04 bits per heavy atom. The Kier molecular flexibility index (Phi) is 4.85. The van der Waals surface area contributed by atoms with E-state index in [0.29, 0.717) is 9.53 Å². The molecule has 1 aromatic heterocycles. The molecule has 3 aromatic rings. The van der Waals surface area contributed by atoms with Gasteiger partial charge in [0.25, 0.3) is 0 Å². The summed E-state index contributed by atoms with van der Waals surface area (Å²) in [5, 5.41) is 0.652. The molecule has 0 bridgehead atoms. The fraction of sp³-hybridized carbons (Fsp3) is 0.0556. The van der Waals surface area contributed by atoms with E-state index in [-0.39, 0.29) is 5.82 Å². The van der Waals surface area contributed by atoms with Crippen molar-refractivity contribution in [1.82, 2.24) is 4.57 Å². The fourth-order valence-corrected chi connectivity index (χ4v) is 3.76. The Balaban J connectivity index is 2.26. The van der Waals surface area contributed by atoms with Crippen molar-refractivity contribution in [2.45, 2.75) is 0 Å². The third kappa shape index (κ3) is 3.49. The molecule has 116 valence electrons. The van der Waals surface area contributed by atoms with Crippen molar-refractivity contribution in [3.05, 3.63) is 73.8 Å². The lowest BCUT2D eigenvalue weighted by Gasteiger charge is -2.12. The van der Waals surface area contributed by atoms with Crippen molar-refractivity contribution in [3.63, 3.8) is 0 Å². The summed E-state index contributed by atoms with van der Waals surface area (Å²) < 4.78 is 17.2. The van der Waals surface area contributed by atoms with Crippen LogP contribution in [-0.2, 0) is 7.05 Å². The molecule has 0 spiro atoms. The van der Waals surface area contributed by atoms with Crippen molar-refractivity contribution in [3.8, 4) is 22.3 Å². The molecule has 0 radical (unpaired) electrons. The van der Waals surface area contributed by atoms with Crippen LogP contribution < -0.4 is 0 Å². The Morgan fingerprint density at radius 3 is 2.48 bits per heavy atom. The van der Waals surface area contributed by atoms with E-state index in [2.05, 4.69) is 22.6 Å². The van der Waals surface area contributed by atoms with Crippen LogP contribution in [-0.4, -0.2) is 4.57 Å². The Hall–Kier alpha value is -1.24. The zero-order chi connectivity index (χ0) is 16.6. The molecule has 1 nitrogen and oxygen atoms in total. The van der Waals surface area contributed by atoms with Gasteiger partial charge in [-0.2, -0.15) is 0 Å². The first-order chi connectivity index (χ1) is 11.0. The van der Waals surface area contributed by atoms with Gasteiger partial charge in [0.15, 0.2) is 0 Å². The molecule has 0 atom stereocenters. The van der Waals surface area contributed by atoms with E-state index >= 15 is 0 Å². The summed E-state index contributed by atoms with van der Waals surface area (Å²) in [6.07, 6.45) is 3.85. The number of aryl methyl sites for hydroxylation is 1. The molecule has 0 aliphatic carbocycles. The number of hydrogen-bond donors (Lipinski definition) is 0. The predicted molar refractivity (Wildman–Crippen MR) is 105 cm³/mol. The summed E-state index contributed by atoms with van der Waals surface area (Å²) in [6, 6.07) is 12.3. The van der Waals surface area contributed by atoms with Gasteiger partial charge in [0.05, 0.1) is 4.51 Å². The molecule has 0 saturated heterocycles. The van der Waals surface area contributed by atoms with Gasteiger partial charge in [0.1, 0.15) is 5.82 Å². The minimum absolute atomic E-state index is 0.280. The van der Waals surface area contributed by atoms with Gasteiger partial charge < -0.3 is 4.57 Å². The van der Waals surface area contributed by atoms with Crippen LogP contribution in [0.5, 0.6) is 0 Å². The third-order valence-corrected chi connectivity index (χ3v) is 4.94. The second kappa shape index (κ2) is 6.71. The van der Waals surface area contributed by atoms with E-state index in [4.69, 9.17) is 23.8 Å². The maximum Gasteiger partial charge on any atom is 0.123 e. The second-order valence-corrected chi connectivity index (χ2v) is 7.28. The lowest BCUT2D eigenvalue weighted by Crippen LogP contribution is -1.96. The molecule has 0 saturated carbocycles. The number of halogens is 3. The number of nitrogens with zero attached hydrogens (tertiary/aromatic N) is 1. The fourth-order valence-electron chi connectivity index (χ4n) is 2.47. The van der Waals surface area contributed by atoms with Crippen LogP contribution >= 0.6 is 46.4 Å². The zero-order valence-electron chi connectivity index (χ0n) is 12.2. The van der Waals surface area contributed by atoms with Gasteiger partial charge in [-0.25, -0.2) is 4.39 Å². The molecule has 3 rings (SSSR count). The number of hydrogen-bond acceptors (Lipinski definition) is 1. The molecule has 1 heterocycles. The average Bonchev–Trinajstić information content (AvgIpc) is 2.49. The molecule has 0 fully saturated rings. The number of aromatic nitrogens is 1. The molecule has 0 N–H and O–H groups in total. The highest BCUT2D eigenvalue weighted by molar-refractivity contribution is 14.1. The third-order valence-electron chi connectivity index (χ3n) is 3.51. The van der Waals surface area contributed by atoms with E-state index in [1.807, 2.05) is 48.3 Å². The van der Waals surface area contributed by atoms with Crippen molar-refractivity contribution in [2.75, 3.05) is 0 Å². The largest absolute Gasteiger partial charge is 0.356 e. The maximum absolute atomic E-state index is 13.6. The van der Waals surface area contributed by atoms with E-state index < -0.39 is 0 Å². The highest BCUT2D eigenvalue weighted by Gasteiger charge is 2.11. The normalized spacial score (nSPS) is 10.8. The molecule has 23 heavy (non-hydrogen) atoms. The van der Waals surface area contributed by atoms with Gasteiger partial charge in [0, 0.05) is 44.7 Å². The van der Waals surface area contributed by atoms with Crippen LogP contribution in [0.1, 0.15) is 0 Å². The first-order valence-electron chi connectivity index (χ1n) is 6.87. The summed E-state index contributed by atoms with van der Waals surface area (Å²) in [4.78, 5) is 0. The standard InChI is InChI=1S/C18H12ClFINS/c1-22-9-15(11-3-2-4-12(20)7-11)18(23)16(10-22)14-6-5-13(21)8-17(14)19/h2-10H,1H3. The van der Waals surface area contributed by atoms with Gasteiger partial charge in [-0.1, -0.05) is 42.0 Å². The zero-order valence-corrected chi connectivity index (χ0v) is 15.9. The summed E-state index contributed by atoms with van der Waals surface area (Å²) in [5.74, 6) is -0.280.